The molecule has 7 heteroatoms. The number of carboxylic acid groups (broad SMARTS) is 1. The Kier molecular flexibility index (Phi) is 4.02. The van der Waals surface area contributed by atoms with Crippen LogP contribution in [0.5, 0.6) is 0 Å². The summed E-state index contributed by atoms with van der Waals surface area (Å²) in [5.74, 6) is -1.43. The van der Waals surface area contributed by atoms with Gasteiger partial charge in [0.25, 0.3) is 5.91 Å². The Morgan fingerprint density at radius 1 is 1.29 bits per heavy atom. The van der Waals surface area contributed by atoms with Crippen molar-refractivity contribution in [1.82, 2.24) is 20.3 Å². The average Bonchev–Trinajstić information content (AvgIpc) is 2.95. The van der Waals surface area contributed by atoms with Crippen molar-refractivity contribution in [2.75, 3.05) is 6.54 Å². The molecule has 2 N–H and O–H groups in total. The van der Waals surface area contributed by atoms with Gasteiger partial charge in [0.15, 0.2) is 5.69 Å². The molecule has 21 heavy (non-hydrogen) atoms. The summed E-state index contributed by atoms with van der Waals surface area (Å²) in [6.07, 6.45) is 1.50. The second kappa shape index (κ2) is 5.74. The zero-order valence-electron chi connectivity index (χ0n) is 11.8. The molecule has 0 saturated heterocycles. The minimum absolute atomic E-state index is 0.0133. The van der Waals surface area contributed by atoms with Gasteiger partial charge in [0.1, 0.15) is 0 Å². The molecule has 110 valence electrons. The Labute approximate surface area is 121 Å². The third-order valence-corrected chi connectivity index (χ3v) is 3.02. The smallest absolute Gasteiger partial charge is 0.310 e. The summed E-state index contributed by atoms with van der Waals surface area (Å²) in [6.45, 7) is 3.09. The molecule has 0 aliphatic heterocycles. The van der Waals surface area contributed by atoms with Gasteiger partial charge in [0.2, 0.25) is 0 Å². The van der Waals surface area contributed by atoms with Crippen molar-refractivity contribution < 1.29 is 14.7 Å². The summed E-state index contributed by atoms with van der Waals surface area (Å²) in [5.41, 5.74) is -0.111. The van der Waals surface area contributed by atoms with Gasteiger partial charge < -0.3 is 10.4 Å². The molecular weight excluding hydrogens is 272 g/mol. The molecule has 0 fully saturated rings. The molecule has 2 aromatic rings. The summed E-state index contributed by atoms with van der Waals surface area (Å²) in [7, 11) is 0. The molecule has 0 aliphatic carbocycles. The monoisotopic (exact) mass is 288 g/mol. The van der Waals surface area contributed by atoms with Gasteiger partial charge in [0.05, 0.1) is 17.3 Å². The van der Waals surface area contributed by atoms with E-state index in [2.05, 4.69) is 15.6 Å². The summed E-state index contributed by atoms with van der Waals surface area (Å²) in [5, 5.41) is 19.2. The van der Waals surface area contributed by atoms with Crippen LogP contribution < -0.4 is 5.32 Å². The molecule has 0 unspecified atom stereocenters. The number of amides is 1. The minimum Gasteiger partial charge on any atom is -0.481 e. The number of benzene rings is 1. The fourth-order valence-corrected chi connectivity index (χ4v) is 1.54. The molecule has 0 saturated carbocycles. The van der Waals surface area contributed by atoms with Crippen LogP contribution in [0.3, 0.4) is 0 Å². The minimum atomic E-state index is -1.04. The molecular formula is C14H16N4O3. The summed E-state index contributed by atoms with van der Waals surface area (Å²) >= 11 is 0. The lowest BCUT2D eigenvalue weighted by molar-refractivity contribution is -0.146. The van der Waals surface area contributed by atoms with E-state index < -0.39 is 17.3 Å². The Balaban J connectivity index is 2.05. The third-order valence-electron chi connectivity index (χ3n) is 3.02. The molecule has 1 heterocycles. The van der Waals surface area contributed by atoms with Crippen molar-refractivity contribution in [3.63, 3.8) is 0 Å². The van der Waals surface area contributed by atoms with E-state index in [4.69, 9.17) is 5.11 Å². The van der Waals surface area contributed by atoms with Crippen molar-refractivity contribution in [3.8, 4) is 5.69 Å². The van der Waals surface area contributed by atoms with Crippen molar-refractivity contribution in [3.05, 3.63) is 42.2 Å². The van der Waals surface area contributed by atoms with Crippen LogP contribution in [0.2, 0.25) is 0 Å². The van der Waals surface area contributed by atoms with E-state index in [1.54, 1.807) is 0 Å². The molecule has 7 nitrogen and oxygen atoms in total. The fourth-order valence-electron chi connectivity index (χ4n) is 1.54. The van der Waals surface area contributed by atoms with Crippen LogP contribution in [0.1, 0.15) is 24.3 Å². The first kappa shape index (κ1) is 14.7. The van der Waals surface area contributed by atoms with E-state index in [-0.39, 0.29) is 12.2 Å². The quantitative estimate of drug-likeness (QED) is 0.859. The van der Waals surface area contributed by atoms with Crippen LogP contribution in [-0.2, 0) is 4.79 Å². The van der Waals surface area contributed by atoms with Crippen molar-refractivity contribution in [2.24, 2.45) is 5.41 Å². The maximum atomic E-state index is 11.9. The number of carbonyl (C=O) groups is 2. The van der Waals surface area contributed by atoms with Crippen LogP contribution in [0.4, 0.5) is 0 Å². The SMILES string of the molecule is CC(C)(CNC(=O)c1cn(-c2ccccc2)nn1)C(=O)O. The summed E-state index contributed by atoms with van der Waals surface area (Å²) in [6, 6.07) is 9.26. The predicted molar refractivity (Wildman–Crippen MR) is 75.1 cm³/mol. The molecule has 1 aromatic carbocycles. The van der Waals surface area contributed by atoms with Gasteiger partial charge in [-0.1, -0.05) is 23.4 Å². The number of para-hydroxylation sites is 1. The van der Waals surface area contributed by atoms with Crippen LogP contribution in [-0.4, -0.2) is 38.5 Å². The zero-order chi connectivity index (χ0) is 15.5. The number of aliphatic carboxylic acids is 1. The summed E-state index contributed by atoms with van der Waals surface area (Å²) in [4.78, 5) is 22.9. The molecule has 0 aliphatic rings. The van der Waals surface area contributed by atoms with Crippen LogP contribution in [0.15, 0.2) is 36.5 Å². The number of aromatic nitrogens is 3. The lowest BCUT2D eigenvalue weighted by Gasteiger charge is -2.18. The van der Waals surface area contributed by atoms with E-state index in [1.807, 2.05) is 30.3 Å². The zero-order valence-corrected chi connectivity index (χ0v) is 11.8. The van der Waals surface area contributed by atoms with Crippen LogP contribution >= 0.6 is 0 Å². The highest BCUT2D eigenvalue weighted by Gasteiger charge is 2.28. The second-order valence-corrected chi connectivity index (χ2v) is 5.26. The highest BCUT2D eigenvalue weighted by Crippen LogP contribution is 2.13. The number of rotatable bonds is 5. The van der Waals surface area contributed by atoms with Crippen molar-refractivity contribution >= 4 is 11.9 Å². The maximum Gasteiger partial charge on any atom is 0.310 e. The lowest BCUT2D eigenvalue weighted by atomic mass is 9.94. The first-order valence-electron chi connectivity index (χ1n) is 6.39. The van der Waals surface area contributed by atoms with E-state index in [1.165, 1.54) is 24.7 Å². The van der Waals surface area contributed by atoms with E-state index in [0.717, 1.165) is 5.69 Å². The van der Waals surface area contributed by atoms with E-state index in [0.29, 0.717) is 0 Å². The Hall–Kier alpha value is -2.70. The largest absolute Gasteiger partial charge is 0.481 e. The van der Waals surface area contributed by atoms with E-state index >= 15 is 0 Å². The van der Waals surface area contributed by atoms with Crippen molar-refractivity contribution in [1.29, 1.82) is 0 Å². The lowest BCUT2D eigenvalue weighted by Crippen LogP contribution is -2.39. The first-order valence-corrected chi connectivity index (χ1v) is 6.39. The van der Waals surface area contributed by atoms with Gasteiger partial charge in [-0.3, -0.25) is 9.59 Å². The van der Waals surface area contributed by atoms with Crippen molar-refractivity contribution in [2.45, 2.75) is 13.8 Å². The molecule has 0 spiro atoms. The first-order chi connectivity index (χ1) is 9.90. The van der Waals surface area contributed by atoms with Gasteiger partial charge in [-0.15, -0.1) is 5.10 Å². The normalized spacial score (nSPS) is 11.1. The van der Waals surface area contributed by atoms with Gasteiger partial charge >= 0.3 is 5.97 Å². The van der Waals surface area contributed by atoms with Gasteiger partial charge in [-0.2, -0.15) is 0 Å². The Morgan fingerprint density at radius 2 is 1.95 bits per heavy atom. The number of nitrogens with one attached hydrogen (secondary N) is 1. The summed E-state index contributed by atoms with van der Waals surface area (Å²) < 4.78 is 1.48. The Morgan fingerprint density at radius 3 is 2.57 bits per heavy atom. The topological polar surface area (TPSA) is 97.1 Å². The maximum absolute atomic E-state index is 11.9. The molecule has 0 bridgehead atoms. The number of carboxylic acids is 1. The second-order valence-electron chi connectivity index (χ2n) is 5.26. The third kappa shape index (κ3) is 3.44. The number of hydrogen-bond acceptors (Lipinski definition) is 4. The number of carbonyl (C=O) groups excluding carboxylic acids is 1. The molecule has 0 atom stereocenters. The fraction of sp³-hybridized carbons (Fsp3) is 0.286. The predicted octanol–water partition coefficient (Wildman–Crippen LogP) is 1.11. The van der Waals surface area contributed by atoms with Crippen LogP contribution in [0.25, 0.3) is 5.69 Å². The highest BCUT2D eigenvalue weighted by molar-refractivity contribution is 5.92. The molecule has 1 amide bonds. The molecule has 2 rings (SSSR count). The van der Waals surface area contributed by atoms with Gasteiger partial charge in [-0.05, 0) is 26.0 Å². The number of hydrogen-bond donors (Lipinski definition) is 2. The number of nitrogens with zero attached hydrogens (tertiary/aromatic N) is 3. The average molecular weight is 288 g/mol. The van der Waals surface area contributed by atoms with Crippen LogP contribution in [0, 0.1) is 5.41 Å². The highest BCUT2D eigenvalue weighted by atomic mass is 16.4. The van der Waals surface area contributed by atoms with Gasteiger partial charge in [0, 0.05) is 6.54 Å². The molecule has 0 radical (unpaired) electrons. The van der Waals surface area contributed by atoms with E-state index in [9.17, 15) is 9.59 Å². The Bertz CT molecular complexity index is 649. The molecule has 1 aromatic heterocycles. The van der Waals surface area contributed by atoms with Gasteiger partial charge in [-0.25, -0.2) is 4.68 Å². The standard InChI is InChI=1S/C14H16N4O3/c1-14(2,13(20)21)9-15-12(19)11-8-18(17-16-11)10-6-4-3-5-7-10/h3-8H,9H2,1-2H3,(H,15,19)(H,20,21).